The first-order valence-electron chi connectivity index (χ1n) is 7.36. The standard InChI is InChI=1S/C16H14Cl2N2O3S/c17-8-1-2-9(12(18)5-8)10-6-11(10)15(21)19-4-3-14-20-13(7-24-14)16(22)23/h1-2,5,7,10-11H,3-4,6H2,(H,19,21)(H,22,23). The molecule has 1 aliphatic carbocycles. The third kappa shape index (κ3) is 3.88. The minimum absolute atomic E-state index is 0.0129. The van der Waals surface area contributed by atoms with Crippen LogP contribution in [0, 0.1) is 5.92 Å². The van der Waals surface area contributed by atoms with Crippen molar-refractivity contribution in [2.24, 2.45) is 5.92 Å². The molecule has 1 aliphatic rings. The number of carboxylic acids is 1. The zero-order valence-electron chi connectivity index (χ0n) is 12.5. The second-order valence-corrected chi connectivity index (χ2v) is 7.37. The Kier molecular flexibility index (Phi) is 5.08. The van der Waals surface area contributed by atoms with Crippen LogP contribution in [-0.4, -0.2) is 28.5 Å². The summed E-state index contributed by atoms with van der Waals surface area (Å²) < 4.78 is 0. The van der Waals surface area contributed by atoms with Crippen molar-refractivity contribution in [2.45, 2.75) is 18.8 Å². The maximum atomic E-state index is 12.2. The Morgan fingerprint density at radius 2 is 2.17 bits per heavy atom. The van der Waals surface area contributed by atoms with E-state index in [1.807, 2.05) is 6.07 Å². The normalized spacial score (nSPS) is 19.1. The molecule has 2 aromatic rings. The van der Waals surface area contributed by atoms with Crippen molar-refractivity contribution in [3.05, 3.63) is 49.9 Å². The van der Waals surface area contributed by atoms with Crippen molar-refractivity contribution >= 4 is 46.4 Å². The lowest BCUT2D eigenvalue weighted by Gasteiger charge is -2.05. The van der Waals surface area contributed by atoms with E-state index in [4.69, 9.17) is 28.3 Å². The average molecular weight is 385 g/mol. The molecule has 1 heterocycles. The number of nitrogens with zero attached hydrogens (tertiary/aromatic N) is 1. The summed E-state index contributed by atoms with van der Waals surface area (Å²) in [5.74, 6) is -0.994. The zero-order chi connectivity index (χ0) is 17.3. The van der Waals surface area contributed by atoms with Gasteiger partial charge in [-0.1, -0.05) is 29.3 Å². The van der Waals surface area contributed by atoms with Crippen LogP contribution in [0.1, 0.15) is 33.4 Å². The SMILES string of the molecule is O=C(O)c1csc(CCNC(=O)C2CC2c2ccc(Cl)cc2Cl)n1. The van der Waals surface area contributed by atoms with Crippen molar-refractivity contribution in [2.75, 3.05) is 6.54 Å². The molecule has 2 N–H and O–H groups in total. The van der Waals surface area contributed by atoms with Gasteiger partial charge in [0.05, 0.1) is 5.01 Å². The number of aromatic carboxylic acids is 1. The molecule has 0 spiro atoms. The van der Waals surface area contributed by atoms with E-state index in [1.54, 1.807) is 12.1 Å². The Morgan fingerprint density at radius 3 is 2.83 bits per heavy atom. The second kappa shape index (κ2) is 7.09. The number of thiazole rings is 1. The topological polar surface area (TPSA) is 79.3 Å². The lowest BCUT2D eigenvalue weighted by Crippen LogP contribution is -2.27. The number of rotatable bonds is 6. The van der Waals surface area contributed by atoms with E-state index in [0.29, 0.717) is 28.0 Å². The van der Waals surface area contributed by atoms with Crippen LogP contribution in [0.15, 0.2) is 23.6 Å². The summed E-state index contributed by atoms with van der Waals surface area (Å²) in [5.41, 5.74) is 0.994. The number of benzene rings is 1. The Balaban J connectivity index is 1.49. The number of aromatic nitrogens is 1. The minimum atomic E-state index is -1.04. The molecule has 24 heavy (non-hydrogen) atoms. The molecular formula is C16H14Cl2N2O3S. The highest BCUT2D eigenvalue weighted by Crippen LogP contribution is 2.49. The molecule has 0 bridgehead atoms. The van der Waals surface area contributed by atoms with Crippen molar-refractivity contribution in [1.29, 1.82) is 0 Å². The lowest BCUT2D eigenvalue weighted by molar-refractivity contribution is -0.122. The average Bonchev–Trinajstić information content (AvgIpc) is 3.16. The van der Waals surface area contributed by atoms with Gasteiger partial charge in [-0.25, -0.2) is 9.78 Å². The number of carbonyl (C=O) groups excluding carboxylic acids is 1. The fourth-order valence-electron chi connectivity index (χ4n) is 2.58. The van der Waals surface area contributed by atoms with Crippen LogP contribution in [0.25, 0.3) is 0 Å². The van der Waals surface area contributed by atoms with Crippen molar-refractivity contribution in [3.8, 4) is 0 Å². The quantitative estimate of drug-likeness (QED) is 0.796. The predicted octanol–water partition coefficient (Wildman–Crippen LogP) is 3.61. The van der Waals surface area contributed by atoms with Crippen LogP contribution >= 0.6 is 34.5 Å². The molecule has 0 aliphatic heterocycles. The largest absolute Gasteiger partial charge is 0.476 e. The molecule has 5 nitrogen and oxygen atoms in total. The van der Waals surface area contributed by atoms with Gasteiger partial charge >= 0.3 is 5.97 Å². The first kappa shape index (κ1) is 17.2. The molecule has 8 heteroatoms. The zero-order valence-corrected chi connectivity index (χ0v) is 14.8. The molecular weight excluding hydrogens is 371 g/mol. The van der Waals surface area contributed by atoms with Gasteiger partial charge in [0.1, 0.15) is 0 Å². The van der Waals surface area contributed by atoms with Gasteiger partial charge in [-0.05, 0) is 30.0 Å². The van der Waals surface area contributed by atoms with E-state index in [1.165, 1.54) is 16.7 Å². The Hall–Kier alpha value is -1.63. The first-order valence-corrected chi connectivity index (χ1v) is 8.99. The number of hydrogen-bond acceptors (Lipinski definition) is 4. The van der Waals surface area contributed by atoms with Crippen LogP contribution in [0.3, 0.4) is 0 Å². The minimum Gasteiger partial charge on any atom is -0.476 e. The number of amides is 1. The highest BCUT2D eigenvalue weighted by molar-refractivity contribution is 7.09. The molecule has 1 aromatic heterocycles. The molecule has 1 saturated carbocycles. The van der Waals surface area contributed by atoms with Crippen LogP contribution in [0.2, 0.25) is 10.0 Å². The number of carbonyl (C=O) groups is 2. The first-order chi connectivity index (χ1) is 11.5. The van der Waals surface area contributed by atoms with Gasteiger partial charge in [0, 0.05) is 34.3 Å². The van der Waals surface area contributed by atoms with E-state index in [9.17, 15) is 9.59 Å². The maximum absolute atomic E-state index is 12.2. The summed E-state index contributed by atoms with van der Waals surface area (Å²) in [6.45, 7) is 0.434. The Labute approximate surface area is 152 Å². The smallest absolute Gasteiger partial charge is 0.355 e. The predicted molar refractivity (Wildman–Crippen MR) is 93.1 cm³/mol. The van der Waals surface area contributed by atoms with Crippen molar-refractivity contribution in [3.63, 3.8) is 0 Å². The number of carboxylic acid groups (broad SMARTS) is 1. The molecule has 0 radical (unpaired) electrons. The molecule has 1 fully saturated rings. The van der Waals surface area contributed by atoms with Crippen LogP contribution in [-0.2, 0) is 11.2 Å². The monoisotopic (exact) mass is 384 g/mol. The van der Waals surface area contributed by atoms with Gasteiger partial charge < -0.3 is 10.4 Å². The highest BCUT2D eigenvalue weighted by atomic mass is 35.5. The third-order valence-corrected chi connectivity index (χ3v) is 5.37. The van der Waals surface area contributed by atoms with E-state index < -0.39 is 5.97 Å². The lowest BCUT2D eigenvalue weighted by atomic mass is 10.1. The second-order valence-electron chi connectivity index (χ2n) is 5.59. The highest BCUT2D eigenvalue weighted by Gasteiger charge is 2.44. The van der Waals surface area contributed by atoms with Crippen LogP contribution < -0.4 is 5.32 Å². The molecule has 3 rings (SSSR count). The molecule has 126 valence electrons. The van der Waals surface area contributed by atoms with Gasteiger partial charge in [-0.3, -0.25) is 4.79 Å². The molecule has 0 saturated heterocycles. The molecule has 2 atom stereocenters. The van der Waals surface area contributed by atoms with Crippen LogP contribution in [0.4, 0.5) is 0 Å². The maximum Gasteiger partial charge on any atom is 0.355 e. The molecule has 1 aromatic carbocycles. The summed E-state index contributed by atoms with van der Waals surface area (Å²) >= 11 is 13.3. The van der Waals surface area contributed by atoms with Gasteiger partial charge in [0.2, 0.25) is 5.91 Å². The van der Waals surface area contributed by atoms with Crippen molar-refractivity contribution in [1.82, 2.24) is 10.3 Å². The summed E-state index contributed by atoms with van der Waals surface area (Å²) in [6, 6.07) is 5.33. The number of halogens is 2. The van der Waals surface area contributed by atoms with E-state index in [0.717, 1.165) is 12.0 Å². The number of nitrogens with one attached hydrogen (secondary N) is 1. The van der Waals surface area contributed by atoms with Gasteiger partial charge in [0.15, 0.2) is 5.69 Å². The molecule has 2 unspecified atom stereocenters. The van der Waals surface area contributed by atoms with E-state index in [2.05, 4.69) is 10.3 Å². The fourth-order valence-corrected chi connectivity index (χ4v) is 3.90. The van der Waals surface area contributed by atoms with E-state index >= 15 is 0 Å². The van der Waals surface area contributed by atoms with Gasteiger partial charge in [-0.15, -0.1) is 11.3 Å². The Bertz CT molecular complexity index is 793. The van der Waals surface area contributed by atoms with Crippen LogP contribution in [0.5, 0.6) is 0 Å². The summed E-state index contributed by atoms with van der Waals surface area (Å²) in [7, 11) is 0. The van der Waals surface area contributed by atoms with Gasteiger partial charge in [-0.2, -0.15) is 0 Å². The third-order valence-electron chi connectivity index (χ3n) is 3.90. The van der Waals surface area contributed by atoms with Crippen molar-refractivity contribution < 1.29 is 14.7 Å². The Morgan fingerprint density at radius 1 is 1.38 bits per heavy atom. The summed E-state index contributed by atoms with van der Waals surface area (Å²) in [6.07, 6.45) is 1.29. The summed E-state index contributed by atoms with van der Waals surface area (Å²) in [5, 5.41) is 15.1. The van der Waals surface area contributed by atoms with Gasteiger partial charge in [0.25, 0.3) is 0 Å². The summed E-state index contributed by atoms with van der Waals surface area (Å²) in [4.78, 5) is 26.9. The van der Waals surface area contributed by atoms with E-state index in [-0.39, 0.29) is 23.4 Å². The fraction of sp³-hybridized carbons (Fsp3) is 0.312. The molecule has 1 amide bonds. The number of hydrogen-bond donors (Lipinski definition) is 2.